The number of carbonyl (C=O) groups is 2. The van der Waals surface area contributed by atoms with E-state index >= 15 is 0 Å². The minimum absolute atomic E-state index is 0.0120. The van der Waals surface area contributed by atoms with Crippen LogP contribution in [-0.2, 0) is 4.79 Å². The first-order chi connectivity index (χ1) is 12.0. The maximum Gasteiger partial charge on any atom is 0.254 e. The lowest BCUT2D eigenvalue weighted by Crippen LogP contribution is -2.41. The molecule has 1 saturated carbocycles. The van der Waals surface area contributed by atoms with Crippen molar-refractivity contribution in [1.82, 2.24) is 15.2 Å². The minimum Gasteiger partial charge on any atom is -0.351 e. The van der Waals surface area contributed by atoms with E-state index in [-0.39, 0.29) is 29.3 Å². The lowest BCUT2D eigenvalue weighted by molar-refractivity contribution is -0.123. The molecule has 2 aliphatic rings. The van der Waals surface area contributed by atoms with Gasteiger partial charge in [-0.3, -0.25) is 14.4 Å². The molecule has 0 unspecified atom stereocenters. The van der Waals surface area contributed by atoms with E-state index in [0.29, 0.717) is 31.0 Å². The lowest BCUT2D eigenvalue weighted by atomic mass is 9.86. The molecule has 6 nitrogen and oxygen atoms in total. The number of H-pyrrole nitrogens is 1. The third-order valence-corrected chi connectivity index (χ3v) is 5.47. The number of likely N-dealkylation sites (tertiary alicyclic amines) is 1. The monoisotopic (exact) mass is 345 g/mol. The molecule has 2 heterocycles. The second-order valence-electron chi connectivity index (χ2n) is 7.51. The highest BCUT2D eigenvalue weighted by Crippen LogP contribution is 2.26. The van der Waals surface area contributed by atoms with Gasteiger partial charge in [-0.25, -0.2) is 0 Å². The van der Waals surface area contributed by atoms with Crippen molar-refractivity contribution in [2.45, 2.75) is 51.5 Å². The van der Waals surface area contributed by atoms with Crippen molar-refractivity contribution >= 4 is 11.8 Å². The van der Waals surface area contributed by atoms with Gasteiger partial charge in [0.2, 0.25) is 11.5 Å². The van der Waals surface area contributed by atoms with E-state index in [4.69, 9.17) is 0 Å². The maximum atomic E-state index is 12.6. The fourth-order valence-electron chi connectivity index (χ4n) is 4.00. The molecule has 2 fully saturated rings. The van der Waals surface area contributed by atoms with E-state index in [1.54, 1.807) is 11.0 Å². The Morgan fingerprint density at radius 3 is 2.72 bits per heavy atom. The summed E-state index contributed by atoms with van der Waals surface area (Å²) in [5.74, 6) is 0.677. The van der Waals surface area contributed by atoms with Gasteiger partial charge in [0, 0.05) is 37.3 Å². The van der Waals surface area contributed by atoms with Crippen molar-refractivity contribution in [3.8, 4) is 0 Å². The third-order valence-electron chi connectivity index (χ3n) is 5.47. The summed E-state index contributed by atoms with van der Waals surface area (Å²) in [5, 5.41) is 3.12. The summed E-state index contributed by atoms with van der Waals surface area (Å²) in [6.07, 6.45) is 8.15. The van der Waals surface area contributed by atoms with Crippen LogP contribution in [0.1, 0.15) is 55.8 Å². The average molecular weight is 345 g/mol. The predicted molar refractivity (Wildman–Crippen MR) is 95.3 cm³/mol. The van der Waals surface area contributed by atoms with Crippen LogP contribution in [0.5, 0.6) is 0 Å². The van der Waals surface area contributed by atoms with Gasteiger partial charge in [0.05, 0.1) is 6.04 Å². The number of aromatic nitrogens is 1. The standard InChI is InChI=1S/C19H27N3O3/c1-13-11-22(19(25)15-7-8-20-17(23)10-15)12-16(13)21-18(24)9-14-5-3-2-4-6-14/h7-8,10,13-14,16H,2-6,9,11-12H2,1H3,(H,20,23)(H,21,24)/t13-,16-/m1/s1. The zero-order valence-corrected chi connectivity index (χ0v) is 14.8. The van der Waals surface area contributed by atoms with Crippen molar-refractivity contribution in [3.63, 3.8) is 0 Å². The average Bonchev–Trinajstić information content (AvgIpc) is 2.95. The molecule has 2 N–H and O–H groups in total. The highest BCUT2D eigenvalue weighted by Gasteiger charge is 2.34. The summed E-state index contributed by atoms with van der Waals surface area (Å²) in [6, 6.07) is 2.92. The molecule has 6 heteroatoms. The topological polar surface area (TPSA) is 82.3 Å². The summed E-state index contributed by atoms with van der Waals surface area (Å²) >= 11 is 0. The summed E-state index contributed by atoms with van der Waals surface area (Å²) < 4.78 is 0. The number of hydrogen-bond acceptors (Lipinski definition) is 3. The number of nitrogens with one attached hydrogen (secondary N) is 2. The second-order valence-corrected chi connectivity index (χ2v) is 7.51. The zero-order chi connectivity index (χ0) is 17.8. The van der Waals surface area contributed by atoms with Gasteiger partial charge in [-0.2, -0.15) is 0 Å². The van der Waals surface area contributed by atoms with Gasteiger partial charge in [0.1, 0.15) is 0 Å². The molecule has 1 aromatic rings. The normalized spacial score (nSPS) is 24.3. The molecule has 1 saturated heterocycles. The van der Waals surface area contributed by atoms with E-state index < -0.39 is 0 Å². The van der Waals surface area contributed by atoms with Crippen molar-refractivity contribution in [2.24, 2.45) is 11.8 Å². The molecule has 1 aliphatic heterocycles. The van der Waals surface area contributed by atoms with Crippen LogP contribution in [0.15, 0.2) is 23.1 Å². The molecule has 0 spiro atoms. The first kappa shape index (κ1) is 17.7. The van der Waals surface area contributed by atoms with Gasteiger partial charge >= 0.3 is 0 Å². The Labute approximate surface area is 148 Å². The molecule has 0 bridgehead atoms. The number of rotatable bonds is 4. The molecule has 3 rings (SSSR count). The third kappa shape index (κ3) is 4.50. The van der Waals surface area contributed by atoms with Gasteiger partial charge in [0.15, 0.2) is 0 Å². The van der Waals surface area contributed by atoms with Gasteiger partial charge in [-0.1, -0.05) is 26.2 Å². The molecular weight excluding hydrogens is 318 g/mol. The fraction of sp³-hybridized carbons (Fsp3) is 0.632. The molecule has 2 amide bonds. The number of carbonyl (C=O) groups excluding carboxylic acids is 2. The van der Waals surface area contributed by atoms with Crippen molar-refractivity contribution in [3.05, 3.63) is 34.2 Å². The van der Waals surface area contributed by atoms with Crippen LogP contribution in [0, 0.1) is 11.8 Å². The number of pyridine rings is 1. The first-order valence-corrected chi connectivity index (χ1v) is 9.30. The Hall–Kier alpha value is -2.11. The lowest BCUT2D eigenvalue weighted by Gasteiger charge is -2.23. The summed E-state index contributed by atoms with van der Waals surface area (Å²) in [7, 11) is 0. The Morgan fingerprint density at radius 1 is 1.24 bits per heavy atom. The first-order valence-electron chi connectivity index (χ1n) is 9.30. The van der Waals surface area contributed by atoms with Crippen LogP contribution in [0.2, 0.25) is 0 Å². The smallest absolute Gasteiger partial charge is 0.254 e. The molecule has 1 aliphatic carbocycles. The summed E-state index contributed by atoms with van der Waals surface area (Å²) in [6.45, 7) is 3.15. The van der Waals surface area contributed by atoms with Crippen LogP contribution in [-0.4, -0.2) is 40.8 Å². The van der Waals surface area contributed by atoms with Gasteiger partial charge in [-0.05, 0) is 30.7 Å². The Balaban J connectivity index is 1.54. The molecule has 136 valence electrons. The van der Waals surface area contributed by atoms with E-state index in [2.05, 4.69) is 17.2 Å². The Kier molecular flexibility index (Phi) is 5.56. The molecule has 0 radical (unpaired) electrons. The molecule has 25 heavy (non-hydrogen) atoms. The summed E-state index contributed by atoms with van der Waals surface area (Å²) in [5.41, 5.74) is 0.112. The predicted octanol–water partition coefficient (Wildman–Crippen LogP) is 1.92. The molecular formula is C19H27N3O3. The van der Waals surface area contributed by atoms with Gasteiger partial charge < -0.3 is 15.2 Å². The van der Waals surface area contributed by atoms with Gasteiger partial charge in [0.25, 0.3) is 5.91 Å². The highest BCUT2D eigenvalue weighted by atomic mass is 16.2. The van der Waals surface area contributed by atoms with Crippen molar-refractivity contribution in [2.75, 3.05) is 13.1 Å². The van der Waals surface area contributed by atoms with E-state index in [0.717, 1.165) is 12.8 Å². The Morgan fingerprint density at radius 2 is 2.00 bits per heavy atom. The van der Waals surface area contributed by atoms with Crippen LogP contribution in [0.4, 0.5) is 0 Å². The second kappa shape index (κ2) is 7.85. The molecule has 2 atom stereocenters. The summed E-state index contributed by atoms with van der Waals surface area (Å²) in [4.78, 5) is 40.5. The largest absolute Gasteiger partial charge is 0.351 e. The van der Waals surface area contributed by atoms with Gasteiger partial charge in [-0.15, -0.1) is 0 Å². The number of hydrogen-bond donors (Lipinski definition) is 2. The van der Waals surface area contributed by atoms with Crippen LogP contribution >= 0.6 is 0 Å². The highest BCUT2D eigenvalue weighted by molar-refractivity contribution is 5.94. The zero-order valence-electron chi connectivity index (χ0n) is 14.8. The fourth-order valence-corrected chi connectivity index (χ4v) is 4.00. The quantitative estimate of drug-likeness (QED) is 0.875. The molecule has 1 aromatic heterocycles. The Bertz CT molecular complexity index is 678. The van der Waals surface area contributed by atoms with Crippen molar-refractivity contribution in [1.29, 1.82) is 0 Å². The van der Waals surface area contributed by atoms with Crippen molar-refractivity contribution < 1.29 is 9.59 Å². The van der Waals surface area contributed by atoms with E-state index in [9.17, 15) is 14.4 Å². The number of nitrogens with zero attached hydrogens (tertiary/aromatic N) is 1. The number of aromatic amines is 1. The van der Waals surface area contributed by atoms with Crippen LogP contribution < -0.4 is 10.9 Å². The molecule has 0 aromatic carbocycles. The maximum absolute atomic E-state index is 12.6. The van der Waals surface area contributed by atoms with E-state index in [1.807, 2.05) is 0 Å². The minimum atomic E-state index is -0.282. The van der Waals surface area contributed by atoms with E-state index in [1.165, 1.54) is 31.5 Å². The van der Waals surface area contributed by atoms with Crippen LogP contribution in [0.3, 0.4) is 0 Å². The van der Waals surface area contributed by atoms with Crippen LogP contribution in [0.25, 0.3) is 0 Å². The SMILES string of the molecule is C[C@@H]1CN(C(=O)c2cc[nH]c(=O)c2)C[C@H]1NC(=O)CC1CCCCC1. The number of amides is 2.